The lowest BCUT2D eigenvalue weighted by Crippen LogP contribution is -2.21. The standard InChI is InChI=1S/C18H20N2OS2/c1-13(14-6-5-7-15(12-14)21-2)19-10-11-22-18-20-16-8-3-4-9-17(16)23-18/h3-9,12-13,19H,10-11H2,1-2H3/t13-/m1/s1. The van der Waals surface area contributed by atoms with Crippen molar-refractivity contribution in [2.24, 2.45) is 0 Å². The van der Waals surface area contributed by atoms with Crippen LogP contribution in [0.2, 0.25) is 0 Å². The summed E-state index contributed by atoms with van der Waals surface area (Å²) in [5, 5.41) is 3.55. The van der Waals surface area contributed by atoms with Crippen LogP contribution in [-0.4, -0.2) is 24.4 Å². The first kappa shape index (κ1) is 16.3. The molecule has 0 radical (unpaired) electrons. The van der Waals surface area contributed by atoms with E-state index in [0.717, 1.165) is 27.9 Å². The minimum Gasteiger partial charge on any atom is -0.497 e. The Morgan fingerprint density at radius 3 is 2.91 bits per heavy atom. The van der Waals surface area contributed by atoms with Crippen LogP contribution in [0.4, 0.5) is 0 Å². The lowest BCUT2D eigenvalue weighted by molar-refractivity contribution is 0.413. The summed E-state index contributed by atoms with van der Waals surface area (Å²) in [5.74, 6) is 1.91. The number of ether oxygens (including phenoxy) is 1. The first-order valence-electron chi connectivity index (χ1n) is 7.62. The summed E-state index contributed by atoms with van der Waals surface area (Å²) in [4.78, 5) is 4.65. The fourth-order valence-corrected chi connectivity index (χ4v) is 4.36. The minimum atomic E-state index is 0.307. The maximum absolute atomic E-state index is 5.28. The second kappa shape index (κ2) is 7.81. The van der Waals surface area contributed by atoms with E-state index in [1.807, 2.05) is 30.0 Å². The molecule has 1 N–H and O–H groups in total. The zero-order valence-electron chi connectivity index (χ0n) is 13.3. The maximum atomic E-state index is 5.28. The molecule has 0 aliphatic heterocycles. The third-order valence-corrected chi connectivity index (χ3v) is 5.83. The number of thiazole rings is 1. The molecule has 23 heavy (non-hydrogen) atoms. The highest BCUT2D eigenvalue weighted by atomic mass is 32.2. The molecule has 0 saturated heterocycles. The minimum absolute atomic E-state index is 0.307. The third kappa shape index (κ3) is 4.25. The Morgan fingerprint density at radius 2 is 2.09 bits per heavy atom. The zero-order chi connectivity index (χ0) is 16.1. The highest BCUT2D eigenvalue weighted by Gasteiger charge is 2.07. The van der Waals surface area contributed by atoms with Gasteiger partial charge in [0.2, 0.25) is 0 Å². The normalized spacial score (nSPS) is 12.4. The van der Waals surface area contributed by atoms with Crippen molar-refractivity contribution in [1.82, 2.24) is 10.3 Å². The molecule has 5 heteroatoms. The topological polar surface area (TPSA) is 34.1 Å². The van der Waals surface area contributed by atoms with E-state index in [4.69, 9.17) is 4.74 Å². The predicted octanol–water partition coefficient (Wildman–Crippen LogP) is 4.75. The van der Waals surface area contributed by atoms with Gasteiger partial charge in [0.25, 0.3) is 0 Å². The van der Waals surface area contributed by atoms with Crippen LogP contribution < -0.4 is 10.1 Å². The van der Waals surface area contributed by atoms with Crippen LogP contribution in [0.25, 0.3) is 10.2 Å². The first-order valence-corrected chi connectivity index (χ1v) is 9.42. The molecule has 0 amide bonds. The summed E-state index contributed by atoms with van der Waals surface area (Å²) in [6.07, 6.45) is 0. The van der Waals surface area contributed by atoms with Gasteiger partial charge in [-0.2, -0.15) is 0 Å². The van der Waals surface area contributed by atoms with Gasteiger partial charge in [-0.05, 0) is 36.8 Å². The van der Waals surface area contributed by atoms with Gasteiger partial charge in [0.15, 0.2) is 4.34 Å². The molecule has 0 fully saturated rings. The number of para-hydroxylation sites is 1. The van der Waals surface area contributed by atoms with E-state index in [2.05, 4.69) is 47.6 Å². The Labute approximate surface area is 145 Å². The molecule has 3 aromatic rings. The average Bonchev–Trinajstić information content (AvgIpc) is 3.01. The van der Waals surface area contributed by atoms with Crippen molar-refractivity contribution in [3.8, 4) is 5.75 Å². The van der Waals surface area contributed by atoms with Crippen LogP contribution in [0.3, 0.4) is 0 Å². The molecule has 0 spiro atoms. The number of benzene rings is 2. The molecule has 0 saturated carbocycles. The number of rotatable bonds is 7. The fourth-order valence-electron chi connectivity index (χ4n) is 2.36. The number of nitrogens with one attached hydrogen (secondary N) is 1. The van der Waals surface area contributed by atoms with Crippen molar-refractivity contribution < 1.29 is 4.74 Å². The molecule has 120 valence electrons. The van der Waals surface area contributed by atoms with Crippen molar-refractivity contribution in [3.63, 3.8) is 0 Å². The van der Waals surface area contributed by atoms with Crippen LogP contribution in [0.1, 0.15) is 18.5 Å². The van der Waals surface area contributed by atoms with Gasteiger partial charge in [-0.15, -0.1) is 11.3 Å². The van der Waals surface area contributed by atoms with Crippen LogP contribution in [0, 0.1) is 0 Å². The second-order valence-electron chi connectivity index (χ2n) is 5.25. The van der Waals surface area contributed by atoms with Gasteiger partial charge in [0.05, 0.1) is 17.3 Å². The maximum Gasteiger partial charge on any atom is 0.151 e. The van der Waals surface area contributed by atoms with Gasteiger partial charge in [0.1, 0.15) is 5.75 Å². The molecular weight excluding hydrogens is 324 g/mol. The molecule has 3 rings (SSSR count). The van der Waals surface area contributed by atoms with E-state index in [1.54, 1.807) is 18.4 Å². The third-order valence-electron chi connectivity index (χ3n) is 3.65. The summed E-state index contributed by atoms with van der Waals surface area (Å²) in [6, 6.07) is 16.8. The van der Waals surface area contributed by atoms with E-state index < -0.39 is 0 Å². The monoisotopic (exact) mass is 344 g/mol. The molecule has 1 aromatic heterocycles. The van der Waals surface area contributed by atoms with Gasteiger partial charge in [-0.25, -0.2) is 4.98 Å². The first-order chi connectivity index (χ1) is 11.3. The summed E-state index contributed by atoms with van der Waals surface area (Å²) >= 11 is 3.58. The fraction of sp³-hybridized carbons (Fsp3) is 0.278. The molecule has 0 aliphatic rings. The largest absolute Gasteiger partial charge is 0.497 e. The molecule has 0 aliphatic carbocycles. The lowest BCUT2D eigenvalue weighted by Gasteiger charge is -2.14. The van der Waals surface area contributed by atoms with E-state index in [0.29, 0.717) is 6.04 Å². The Kier molecular flexibility index (Phi) is 5.54. The summed E-state index contributed by atoms with van der Waals surface area (Å²) in [5.41, 5.74) is 2.34. The van der Waals surface area contributed by atoms with E-state index in [-0.39, 0.29) is 0 Å². The highest BCUT2D eigenvalue weighted by molar-refractivity contribution is 8.01. The summed E-state index contributed by atoms with van der Waals surface area (Å²) in [6.45, 7) is 3.12. The molecule has 0 bridgehead atoms. The number of aromatic nitrogens is 1. The number of methoxy groups -OCH3 is 1. The van der Waals surface area contributed by atoms with Crippen LogP contribution in [0.5, 0.6) is 5.75 Å². The van der Waals surface area contributed by atoms with Crippen molar-refractivity contribution in [2.75, 3.05) is 19.4 Å². The van der Waals surface area contributed by atoms with Gasteiger partial charge >= 0.3 is 0 Å². The molecule has 3 nitrogen and oxygen atoms in total. The number of fused-ring (bicyclic) bond motifs is 1. The quantitative estimate of drug-likeness (QED) is 0.495. The van der Waals surface area contributed by atoms with Crippen molar-refractivity contribution >= 4 is 33.3 Å². The van der Waals surface area contributed by atoms with Crippen LogP contribution >= 0.6 is 23.1 Å². The number of hydrogen-bond donors (Lipinski definition) is 1. The lowest BCUT2D eigenvalue weighted by atomic mass is 10.1. The van der Waals surface area contributed by atoms with E-state index >= 15 is 0 Å². The number of nitrogens with zero attached hydrogens (tertiary/aromatic N) is 1. The summed E-state index contributed by atoms with van der Waals surface area (Å²) in [7, 11) is 1.70. The summed E-state index contributed by atoms with van der Waals surface area (Å²) < 4.78 is 7.68. The average molecular weight is 345 g/mol. The highest BCUT2D eigenvalue weighted by Crippen LogP contribution is 2.29. The van der Waals surface area contributed by atoms with Gasteiger partial charge in [-0.1, -0.05) is 36.0 Å². The van der Waals surface area contributed by atoms with Gasteiger partial charge < -0.3 is 10.1 Å². The van der Waals surface area contributed by atoms with Crippen molar-refractivity contribution in [3.05, 3.63) is 54.1 Å². The Morgan fingerprint density at radius 1 is 1.22 bits per heavy atom. The van der Waals surface area contributed by atoms with Crippen molar-refractivity contribution in [1.29, 1.82) is 0 Å². The number of hydrogen-bond acceptors (Lipinski definition) is 5. The van der Waals surface area contributed by atoms with Crippen LogP contribution in [-0.2, 0) is 0 Å². The van der Waals surface area contributed by atoms with E-state index in [9.17, 15) is 0 Å². The Hall–Kier alpha value is -1.56. The Balaban J connectivity index is 1.49. The van der Waals surface area contributed by atoms with Crippen molar-refractivity contribution in [2.45, 2.75) is 17.3 Å². The second-order valence-corrected chi connectivity index (χ2v) is 7.62. The molecular formula is C18H20N2OS2. The molecule has 2 aromatic carbocycles. The van der Waals surface area contributed by atoms with E-state index in [1.165, 1.54) is 10.3 Å². The number of thioether (sulfide) groups is 1. The molecule has 1 atom stereocenters. The smallest absolute Gasteiger partial charge is 0.151 e. The van der Waals surface area contributed by atoms with Gasteiger partial charge in [0, 0.05) is 18.3 Å². The van der Waals surface area contributed by atoms with Gasteiger partial charge in [-0.3, -0.25) is 0 Å². The van der Waals surface area contributed by atoms with Crippen LogP contribution in [0.15, 0.2) is 52.9 Å². The SMILES string of the molecule is COc1cccc([C@@H](C)NCCSc2nc3ccccc3s2)c1. The zero-order valence-corrected chi connectivity index (χ0v) is 14.9. The Bertz CT molecular complexity index is 739. The molecule has 1 heterocycles. The predicted molar refractivity (Wildman–Crippen MR) is 99.8 cm³/mol. The molecule has 0 unspecified atom stereocenters.